The summed E-state index contributed by atoms with van der Waals surface area (Å²) in [5.41, 5.74) is 3.35. The first-order chi connectivity index (χ1) is 15.7. The van der Waals surface area contributed by atoms with Crippen LogP contribution in [0.3, 0.4) is 0 Å². The first kappa shape index (κ1) is 24.6. The molecular weight excluding hydrogens is 449 g/mol. The summed E-state index contributed by atoms with van der Waals surface area (Å²) in [6, 6.07) is 10.2. The van der Waals surface area contributed by atoms with Gasteiger partial charge in [-0.2, -0.15) is 0 Å². The molecule has 1 N–H and O–H groups in total. The molecule has 0 amide bonds. The van der Waals surface area contributed by atoms with E-state index in [9.17, 15) is 22.4 Å². The summed E-state index contributed by atoms with van der Waals surface area (Å²) in [4.78, 5) is 30.0. The van der Waals surface area contributed by atoms with Crippen LogP contribution >= 0.6 is 0 Å². The molecule has 9 heteroatoms. The van der Waals surface area contributed by atoms with Crippen LogP contribution in [0.1, 0.15) is 37.7 Å². The van der Waals surface area contributed by atoms with Crippen molar-refractivity contribution in [2.75, 3.05) is 12.9 Å². The van der Waals surface area contributed by atoms with E-state index in [-0.39, 0.29) is 41.0 Å². The van der Waals surface area contributed by atoms with Crippen molar-refractivity contribution in [3.05, 3.63) is 66.1 Å². The van der Waals surface area contributed by atoms with Gasteiger partial charge < -0.3 is 4.74 Å². The number of benzene rings is 2. The summed E-state index contributed by atoms with van der Waals surface area (Å²) in [5, 5.41) is 0. The summed E-state index contributed by atoms with van der Waals surface area (Å²) >= 11 is 0. The fraction of sp³-hybridized carbons (Fsp3) is 0.333. The monoisotopic (exact) mass is 475 g/mol. The van der Waals surface area contributed by atoms with Crippen molar-refractivity contribution in [1.29, 1.82) is 0 Å². The third-order valence-corrected chi connectivity index (χ3v) is 6.46. The van der Waals surface area contributed by atoms with Crippen LogP contribution in [0.15, 0.2) is 59.6 Å². The highest BCUT2D eigenvalue weighted by Gasteiger charge is 2.35. The summed E-state index contributed by atoms with van der Waals surface area (Å²) in [6.45, 7) is 2.33. The molecule has 2 aromatic carbocycles. The molecule has 0 bridgehead atoms. The van der Waals surface area contributed by atoms with Crippen LogP contribution in [-0.4, -0.2) is 32.8 Å². The number of nitrogens with one attached hydrogen (secondary N) is 1. The van der Waals surface area contributed by atoms with E-state index >= 15 is 0 Å². The number of hydroxylamine groups is 1. The van der Waals surface area contributed by atoms with Crippen molar-refractivity contribution in [2.45, 2.75) is 37.0 Å². The van der Waals surface area contributed by atoms with Crippen LogP contribution < -0.4 is 10.2 Å². The first-order valence-corrected chi connectivity index (χ1v) is 12.4. The molecule has 7 nitrogen and oxygen atoms in total. The Hall–Kier alpha value is -3.04. The third kappa shape index (κ3) is 6.49. The Morgan fingerprint density at radius 3 is 2.48 bits per heavy atom. The minimum atomic E-state index is -3.53. The van der Waals surface area contributed by atoms with Crippen molar-refractivity contribution in [2.24, 2.45) is 5.92 Å². The quantitative estimate of drug-likeness (QED) is 0.331. The molecule has 1 aliphatic rings. The predicted octanol–water partition coefficient (Wildman–Crippen LogP) is 4.10. The van der Waals surface area contributed by atoms with E-state index in [1.807, 2.05) is 6.92 Å². The van der Waals surface area contributed by atoms with Gasteiger partial charge in [0.25, 0.3) is 0 Å². The van der Waals surface area contributed by atoms with Crippen LogP contribution in [0.25, 0.3) is 0 Å². The molecule has 0 atom stereocenters. The van der Waals surface area contributed by atoms with Crippen LogP contribution in [0.2, 0.25) is 0 Å². The number of ketones is 2. The predicted molar refractivity (Wildman–Crippen MR) is 120 cm³/mol. The Bertz CT molecular complexity index is 1140. The van der Waals surface area contributed by atoms with Gasteiger partial charge in [0.1, 0.15) is 17.3 Å². The highest BCUT2D eigenvalue weighted by Crippen LogP contribution is 2.35. The Morgan fingerprint density at radius 2 is 1.85 bits per heavy atom. The van der Waals surface area contributed by atoms with E-state index in [2.05, 4.69) is 5.48 Å². The largest absolute Gasteiger partial charge is 0.454 e. The second kappa shape index (κ2) is 10.7. The van der Waals surface area contributed by atoms with Gasteiger partial charge >= 0.3 is 0 Å². The highest BCUT2D eigenvalue weighted by atomic mass is 32.2. The molecule has 0 radical (unpaired) electrons. The normalized spacial score (nSPS) is 19.1. The molecule has 0 unspecified atom stereocenters. The average Bonchev–Trinajstić information content (AvgIpc) is 2.76. The lowest BCUT2D eigenvalue weighted by Crippen LogP contribution is -2.32. The van der Waals surface area contributed by atoms with Gasteiger partial charge in [-0.25, -0.2) is 12.8 Å². The maximum Gasteiger partial charge on any atom is 0.175 e. The molecule has 0 saturated heterocycles. The smallest absolute Gasteiger partial charge is 0.175 e. The fourth-order valence-electron chi connectivity index (χ4n) is 3.66. The van der Waals surface area contributed by atoms with Crippen molar-refractivity contribution < 1.29 is 32.0 Å². The number of allylic oxidation sites excluding steroid dienone is 1. The Labute approximate surface area is 192 Å². The zero-order valence-corrected chi connectivity index (χ0v) is 19.2. The SMILES string of the molecule is CCONC=CCC1C(=O)CC(c2cccc(Oc3ccc(S(C)(=O)=O)cc3F)c2)CC1=O. The minimum absolute atomic E-state index is 0.119. The molecule has 0 aliphatic heterocycles. The van der Waals surface area contributed by atoms with Gasteiger partial charge in [0.2, 0.25) is 0 Å². The van der Waals surface area contributed by atoms with Crippen molar-refractivity contribution in [3.8, 4) is 11.5 Å². The highest BCUT2D eigenvalue weighted by molar-refractivity contribution is 7.90. The van der Waals surface area contributed by atoms with Gasteiger partial charge in [0, 0.05) is 25.3 Å². The Morgan fingerprint density at radius 1 is 1.12 bits per heavy atom. The van der Waals surface area contributed by atoms with Crippen LogP contribution in [0.4, 0.5) is 4.39 Å². The lowest BCUT2D eigenvalue weighted by molar-refractivity contribution is -0.136. The molecule has 176 valence electrons. The molecule has 33 heavy (non-hydrogen) atoms. The number of ether oxygens (including phenoxy) is 1. The summed E-state index contributed by atoms with van der Waals surface area (Å²) in [5.74, 6) is -1.79. The van der Waals surface area contributed by atoms with Crippen molar-refractivity contribution >= 4 is 21.4 Å². The molecule has 2 aromatic rings. The molecule has 0 heterocycles. The fourth-order valence-corrected chi connectivity index (χ4v) is 4.29. The van der Waals surface area contributed by atoms with Crippen LogP contribution in [0.5, 0.6) is 11.5 Å². The van der Waals surface area contributed by atoms with E-state index < -0.39 is 21.6 Å². The molecule has 1 aliphatic carbocycles. The number of sulfone groups is 1. The van der Waals surface area contributed by atoms with Gasteiger partial charge in [0.15, 0.2) is 21.4 Å². The molecule has 0 aromatic heterocycles. The number of rotatable bonds is 9. The summed E-state index contributed by atoms with van der Waals surface area (Å²) in [6.07, 6.45) is 5.04. The zero-order valence-electron chi connectivity index (χ0n) is 18.4. The van der Waals surface area contributed by atoms with Gasteiger partial charge in [-0.05, 0) is 55.2 Å². The van der Waals surface area contributed by atoms with Crippen LogP contribution in [0, 0.1) is 11.7 Å². The van der Waals surface area contributed by atoms with Gasteiger partial charge in [-0.1, -0.05) is 18.2 Å². The average molecular weight is 476 g/mol. The number of carbonyl (C=O) groups is 2. The van der Waals surface area contributed by atoms with Crippen molar-refractivity contribution in [3.63, 3.8) is 0 Å². The van der Waals surface area contributed by atoms with Gasteiger partial charge in [0.05, 0.1) is 17.4 Å². The summed E-state index contributed by atoms with van der Waals surface area (Å²) < 4.78 is 43.1. The van der Waals surface area contributed by atoms with Gasteiger partial charge in [-0.3, -0.25) is 19.9 Å². The summed E-state index contributed by atoms with van der Waals surface area (Å²) in [7, 11) is -3.53. The van der Waals surface area contributed by atoms with E-state index in [4.69, 9.17) is 9.57 Å². The molecule has 3 rings (SSSR count). The standard InChI is InChI=1S/C24H26FNO6S/c1-3-31-26-11-5-8-20-22(27)13-17(14-23(20)28)16-6-4-7-18(12-16)32-24-10-9-19(15-21(24)25)33(2,29)30/h4-7,9-12,15,17,20,26H,3,8,13-14H2,1-2H3. The maximum atomic E-state index is 14.3. The van der Waals surface area contributed by atoms with E-state index in [1.165, 1.54) is 12.1 Å². The second-order valence-electron chi connectivity index (χ2n) is 7.82. The van der Waals surface area contributed by atoms with E-state index in [0.29, 0.717) is 18.8 Å². The number of hydrogen-bond donors (Lipinski definition) is 1. The zero-order chi connectivity index (χ0) is 24.0. The molecular formula is C24H26FNO6S. The third-order valence-electron chi connectivity index (χ3n) is 5.35. The number of hydrogen-bond acceptors (Lipinski definition) is 7. The van der Waals surface area contributed by atoms with E-state index in [1.54, 1.807) is 36.5 Å². The lowest BCUT2D eigenvalue weighted by atomic mass is 9.76. The maximum absolute atomic E-state index is 14.3. The lowest BCUT2D eigenvalue weighted by Gasteiger charge is -2.26. The Kier molecular flexibility index (Phi) is 7.99. The number of halogens is 1. The topological polar surface area (TPSA) is 98.8 Å². The molecule has 0 spiro atoms. The van der Waals surface area contributed by atoms with Crippen LogP contribution in [-0.2, 0) is 24.3 Å². The Balaban J connectivity index is 1.68. The minimum Gasteiger partial charge on any atom is -0.454 e. The van der Waals surface area contributed by atoms with Gasteiger partial charge in [-0.15, -0.1) is 0 Å². The number of carbonyl (C=O) groups excluding carboxylic acids is 2. The second-order valence-corrected chi connectivity index (χ2v) is 9.83. The van der Waals surface area contributed by atoms with E-state index in [0.717, 1.165) is 17.9 Å². The molecule has 1 fully saturated rings. The van der Waals surface area contributed by atoms with Crippen molar-refractivity contribution in [1.82, 2.24) is 5.48 Å². The number of Topliss-reactive ketones (excluding diaryl/α,β-unsaturated/α-hetero) is 2. The molecule has 1 saturated carbocycles. The first-order valence-electron chi connectivity index (χ1n) is 10.5.